The molecular weight excluding hydrogens is 272 g/mol. The summed E-state index contributed by atoms with van der Waals surface area (Å²) in [5.41, 5.74) is 0.662. The molecule has 1 aromatic heterocycles. The number of aromatic nitrogens is 1. The van der Waals surface area contributed by atoms with Crippen molar-refractivity contribution in [3.8, 4) is 0 Å². The molecule has 1 heterocycles. The third-order valence-corrected chi connectivity index (χ3v) is 3.96. The topological polar surface area (TPSA) is 59.1 Å². The van der Waals surface area contributed by atoms with Crippen LogP contribution in [0, 0.1) is 0 Å². The number of rotatable bonds is 4. The minimum absolute atomic E-state index is 0.159. The highest BCUT2D eigenvalue weighted by Gasteiger charge is 2.13. The maximum Gasteiger partial charge on any atom is 0.240 e. The van der Waals surface area contributed by atoms with E-state index in [2.05, 4.69) is 9.71 Å². The van der Waals surface area contributed by atoms with Crippen molar-refractivity contribution in [3.63, 3.8) is 0 Å². The van der Waals surface area contributed by atoms with Crippen molar-refractivity contribution >= 4 is 21.6 Å². The molecule has 1 N–H and O–H groups in total. The van der Waals surface area contributed by atoms with Crippen LogP contribution in [0.2, 0.25) is 5.02 Å². The maximum absolute atomic E-state index is 11.9. The largest absolute Gasteiger partial charge is 0.260 e. The summed E-state index contributed by atoms with van der Waals surface area (Å²) in [5, 5.41) is 0.499. The van der Waals surface area contributed by atoms with Gasteiger partial charge in [-0.15, -0.1) is 0 Å². The second-order valence-electron chi connectivity index (χ2n) is 3.60. The van der Waals surface area contributed by atoms with Gasteiger partial charge in [0.15, 0.2) is 0 Å². The first kappa shape index (κ1) is 13.0. The zero-order valence-corrected chi connectivity index (χ0v) is 10.9. The second-order valence-corrected chi connectivity index (χ2v) is 5.80. The van der Waals surface area contributed by atoms with E-state index in [-0.39, 0.29) is 11.4 Å². The van der Waals surface area contributed by atoms with Gasteiger partial charge in [-0.3, -0.25) is 4.98 Å². The number of nitrogens with one attached hydrogen (secondary N) is 1. The predicted molar refractivity (Wildman–Crippen MR) is 69.7 cm³/mol. The van der Waals surface area contributed by atoms with Gasteiger partial charge in [0.1, 0.15) is 0 Å². The molecule has 0 aliphatic rings. The molecule has 4 nitrogen and oxygen atoms in total. The van der Waals surface area contributed by atoms with Gasteiger partial charge in [0.2, 0.25) is 10.0 Å². The van der Waals surface area contributed by atoms with Crippen LogP contribution in [-0.4, -0.2) is 13.4 Å². The van der Waals surface area contributed by atoms with Crippen LogP contribution >= 0.6 is 11.6 Å². The molecule has 0 unspecified atom stereocenters. The Labute approximate surface area is 111 Å². The highest BCUT2D eigenvalue weighted by molar-refractivity contribution is 7.89. The number of sulfonamides is 1. The zero-order chi connectivity index (χ0) is 13.0. The Morgan fingerprint density at radius 1 is 1.11 bits per heavy atom. The summed E-state index contributed by atoms with van der Waals surface area (Å²) < 4.78 is 26.3. The Kier molecular flexibility index (Phi) is 3.96. The highest BCUT2D eigenvalue weighted by atomic mass is 35.5. The molecule has 2 aromatic rings. The van der Waals surface area contributed by atoms with Crippen LogP contribution < -0.4 is 4.72 Å². The molecule has 0 atom stereocenters. The molecule has 0 fully saturated rings. The fourth-order valence-corrected chi connectivity index (χ4v) is 2.49. The number of nitrogens with zero attached hydrogens (tertiary/aromatic N) is 1. The molecule has 6 heteroatoms. The summed E-state index contributed by atoms with van der Waals surface area (Å²) in [4.78, 5) is 4.22. The fraction of sp³-hybridized carbons (Fsp3) is 0.0833. The van der Waals surface area contributed by atoms with E-state index >= 15 is 0 Å². The summed E-state index contributed by atoms with van der Waals surface area (Å²) in [6.45, 7) is 0.159. The lowest BCUT2D eigenvalue weighted by molar-refractivity contribution is 0.580. The van der Waals surface area contributed by atoms with E-state index in [1.54, 1.807) is 24.4 Å². The normalized spacial score (nSPS) is 11.4. The third-order valence-electron chi connectivity index (χ3n) is 2.29. The number of hydrogen-bond acceptors (Lipinski definition) is 3. The van der Waals surface area contributed by atoms with Crippen LogP contribution in [0.1, 0.15) is 5.69 Å². The van der Waals surface area contributed by atoms with Gasteiger partial charge < -0.3 is 0 Å². The minimum atomic E-state index is -3.52. The molecule has 1 aromatic carbocycles. The monoisotopic (exact) mass is 282 g/mol. The van der Waals surface area contributed by atoms with Gasteiger partial charge in [-0.05, 0) is 36.4 Å². The third kappa shape index (κ3) is 3.29. The van der Waals surface area contributed by atoms with E-state index in [0.29, 0.717) is 10.7 Å². The first-order chi connectivity index (χ1) is 8.58. The van der Waals surface area contributed by atoms with Gasteiger partial charge in [0, 0.05) is 11.2 Å². The Morgan fingerprint density at radius 2 is 1.83 bits per heavy atom. The zero-order valence-electron chi connectivity index (χ0n) is 9.38. The van der Waals surface area contributed by atoms with Crippen LogP contribution in [0.4, 0.5) is 0 Å². The Balaban J connectivity index is 2.11. The SMILES string of the molecule is O=S(=O)(NCc1ccccn1)c1ccc(Cl)cc1. The quantitative estimate of drug-likeness (QED) is 0.935. The molecule has 0 aliphatic carbocycles. The average Bonchev–Trinajstić information content (AvgIpc) is 2.38. The van der Waals surface area contributed by atoms with Gasteiger partial charge in [-0.25, -0.2) is 13.1 Å². The Hall–Kier alpha value is -1.43. The van der Waals surface area contributed by atoms with Crippen molar-refractivity contribution in [1.29, 1.82) is 0 Å². The van der Waals surface area contributed by atoms with Crippen LogP contribution in [0.3, 0.4) is 0 Å². The van der Waals surface area contributed by atoms with E-state index in [1.807, 2.05) is 0 Å². The van der Waals surface area contributed by atoms with Crippen molar-refractivity contribution < 1.29 is 8.42 Å². The van der Waals surface area contributed by atoms with Gasteiger partial charge in [0.25, 0.3) is 0 Å². The summed E-state index contributed by atoms with van der Waals surface area (Å²) in [7, 11) is -3.52. The fourth-order valence-electron chi connectivity index (χ4n) is 1.37. The van der Waals surface area contributed by atoms with Gasteiger partial charge >= 0.3 is 0 Å². The lowest BCUT2D eigenvalue weighted by Crippen LogP contribution is -2.23. The van der Waals surface area contributed by atoms with Gasteiger partial charge in [-0.2, -0.15) is 0 Å². The number of benzene rings is 1. The lowest BCUT2D eigenvalue weighted by atomic mass is 10.4. The molecule has 0 saturated heterocycles. The van der Waals surface area contributed by atoms with E-state index in [4.69, 9.17) is 11.6 Å². The molecule has 0 amide bonds. The van der Waals surface area contributed by atoms with Crippen molar-refractivity contribution in [1.82, 2.24) is 9.71 Å². The molecule has 94 valence electrons. The molecule has 0 saturated carbocycles. The molecule has 0 radical (unpaired) electrons. The maximum atomic E-state index is 11.9. The Morgan fingerprint density at radius 3 is 2.44 bits per heavy atom. The first-order valence-corrected chi connectivity index (χ1v) is 7.09. The molecule has 2 rings (SSSR count). The van der Waals surface area contributed by atoms with E-state index in [9.17, 15) is 8.42 Å². The van der Waals surface area contributed by atoms with Crippen molar-refractivity contribution in [2.75, 3.05) is 0 Å². The number of halogens is 1. The molecule has 0 aliphatic heterocycles. The summed E-state index contributed by atoms with van der Waals surface area (Å²) in [6, 6.07) is 11.3. The smallest absolute Gasteiger partial charge is 0.240 e. The standard InChI is InChI=1S/C12H11ClN2O2S/c13-10-4-6-12(7-5-10)18(16,17)15-9-11-3-1-2-8-14-11/h1-8,15H,9H2. The summed E-state index contributed by atoms with van der Waals surface area (Å²) >= 11 is 5.71. The van der Waals surface area contributed by atoms with Crippen LogP contribution in [0.5, 0.6) is 0 Å². The van der Waals surface area contributed by atoms with Gasteiger partial charge in [-0.1, -0.05) is 17.7 Å². The van der Waals surface area contributed by atoms with Crippen molar-refractivity contribution in [2.24, 2.45) is 0 Å². The predicted octanol–water partition coefficient (Wildman–Crippen LogP) is 2.21. The van der Waals surface area contributed by atoms with Crippen LogP contribution in [0.15, 0.2) is 53.6 Å². The average molecular weight is 283 g/mol. The number of hydrogen-bond donors (Lipinski definition) is 1. The van der Waals surface area contributed by atoms with Crippen molar-refractivity contribution in [2.45, 2.75) is 11.4 Å². The molecule has 0 bridgehead atoms. The minimum Gasteiger partial charge on any atom is -0.260 e. The lowest BCUT2D eigenvalue weighted by Gasteiger charge is -2.06. The second kappa shape index (κ2) is 5.48. The highest BCUT2D eigenvalue weighted by Crippen LogP contribution is 2.14. The molecule has 18 heavy (non-hydrogen) atoms. The first-order valence-electron chi connectivity index (χ1n) is 5.23. The van der Waals surface area contributed by atoms with E-state index < -0.39 is 10.0 Å². The van der Waals surface area contributed by atoms with Crippen molar-refractivity contribution in [3.05, 3.63) is 59.4 Å². The molecular formula is C12H11ClN2O2S. The van der Waals surface area contributed by atoms with Crippen LogP contribution in [-0.2, 0) is 16.6 Å². The van der Waals surface area contributed by atoms with Gasteiger partial charge in [0.05, 0.1) is 17.1 Å². The Bertz CT molecular complexity index is 612. The summed E-state index contributed by atoms with van der Waals surface area (Å²) in [6.07, 6.45) is 1.62. The van der Waals surface area contributed by atoms with E-state index in [0.717, 1.165) is 0 Å². The van der Waals surface area contributed by atoms with Crippen LogP contribution in [0.25, 0.3) is 0 Å². The summed E-state index contributed by atoms with van der Waals surface area (Å²) in [5.74, 6) is 0. The molecule has 0 spiro atoms. The van der Waals surface area contributed by atoms with E-state index in [1.165, 1.54) is 24.3 Å². The number of pyridine rings is 1.